The Kier molecular flexibility index (Phi) is 5.48. The minimum Gasteiger partial charge on any atom is -0.382 e. The summed E-state index contributed by atoms with van der Waals surface area (Å²) in [6.45, 7) is 7.21. The lowest BCUT2D eigenvalue weighted by molar-refractivity contribution is 0.0996. The number of nitrogens with zero attached hydrogens (tertiary/aromatic N) is 5. The molecule has 34 heavy (non-hydrogen) atoms. The highest BCUT2D eigenvalue weighted by atomic mass is 35.5. The van der Waals surface area contributed by atoms with Crippen molar-refractivity contribution in [1.82, 2.24) is 15.0 Å². The zero-order chi connectivity index (χ0) is 24.0. The van der Waals surface area contributed by atoms with Gasteiger partial charge in [0, 0.05) is 35.8 Å². The summed E-state index contributed by atoms with van der Waals surface area (Å²) in [4.78, 5) is 32.3. The zero-order valence-corrected chi connectivity index (χ0v) is 19.7. The molecule has 1 atom stereocenters. The number of hydrogen-bond acceptors (Lipinski definition) is 7. The second-order valence-electron chi connectivity index (χ2n) is 9.06. The number of benzene rings is 1. The van der Waals surface area contributed by atoms with Gasteiger partial charge in [-0.2, -0.15) is 0 Å². The van der Waals surface area contributed by atoms with Crippen molar-refractivity contribution in [2.24, 2.45) is 16.1 Å². The molecule has 1 amide bonds. The summed E-state index contributed by atoms with van der Waals surface area (Å²) in [7, 11) is 0. The predicted molar refractivity (Wildman–Crippen MR) is 134 cm³/mol. The van der Waals surface area contributed by atoms with E-state index in [1.165, 1.54) is 17.3 Å². The standard InChI is InChI=1S/C25H26ClN7O/c1-14-18(17-7-10-30-22(27)19(17)26)20(23(28)34)32-24(31-14)33-11-8-25(9-12-33)13-15-5-3-4-6-16(15)21(25)29-2/h3-7,10,21H,2,8-9,11-13H2,1H3,(H2,27,30)(H2,28,34)/t21-/m1/s1. The van der Waals surface area contributed by atoms with E-state index in [-0.39, 0.29) is 28.0 Å². The lowest BCUT2D eigenvalue weighted by atomic mass is 9.73. The summed E-state index contributed by atoms with van der Waals surface area (Å²) in [5.74, 6) is 0.00727. The van der Waals surface area contributed by atoms with Crippen molar-refractivity contribution in [2.75, 3.05) is 23.7 Å². The number of anilines is 2. The minimum absolute atomic E-state index is 0.0472. The van der Waals surface area contributed by atoms with Crippen LogP contribution in [0, 0.1) is 12.3 Å². The number of nitrogens with two attached hydrogens (primary N) is 2. The number of primary amides is 1. The van der Waals surface area contributed by atoms with Gasteiger partial charge in [0.2, 0.25) is 5.95 Å². The molecule has 0 radical (unpaired) electrons. The number of carbonyl (C=O) groups is 1. The molecule has 1 fully saturated rings. The van der Waals surface area contributed by atoms with E-state index in [1.807, 2.05) is 6.92 Å². The van der Waals surface area contributed by atoms with Crippen LogP contribution in [0.1, 0.15) is 46.2 Å². The topological polar surface area (TPSA) is 123 Å². The zero-order valence-electron chi connectivity index (χ0n) is 19.0. The Labute approximate surface area is 203 Å². The summed E-state index contributed by atoms with van der Waals surface area (Å²) >= 11 is 6.38. The number of halogens is 1. The number of aromatic nitrogens is 3. The average Bonchev–Trinajstić information content (AvgIpc) is 3.13. The molecular formula is C25H26ClN7O. The smallest absolute Gasteiger partial charge is 0.268 e. The van der Waals surface area contributed by atoms with Gasteiger partial charge in [-0.3, -0.25) is 9.79 Å². The van der Waals surface area contributed by atoms with Crippen molar-refractivity contribution >= 4 is 36.0 Å². The van der Waals surface area contributed by atoms with Crippen LogP contribution in [0.5, 0.6) is 0 Å². The Hall–Kier alpha value is -3.52. The van der Waals surface area contributed by atoms with Crippen molar-refractivity contribution in [2.45, 2.75) is 32.2 Å². The third kappa shape index (κ3) is 3.49. The Bertz CT molecular complexity index is 1300. The van der Waals surface area contributed by atoms with Gasteiger partial charge >= 0.3 is 0 Å². The fourth-order valence-electron chi connectivity index (χ4n) is 5.52. The Balaban J connectivity index is 1.46. The summed E-state index contributed by atoms with van der Waals surface area (Å²) in [5.41, 5.74) is 16.0. The maximum atomic E-state index is 12.4. The molecule has 1 spiro atoms. The minimum atomic E-state index is -0.649. The third-order valence-corrected chi connectivity index (χ3v) is 7.59. The highest BCUT2D eigenvalue weighted by Gasteiger charge is 2.47. The summed E-state index contributed by atoms with van der Waals surface area (Å²) in [6.07, 6.45) is 4.37. The van der Waals surface area contributed by atoms with Crippen LogP contribution in [0.4, 0.5) is 11.8 Å². The highest BCUT2D eigenvalue weighted by Crippen LogP contribution is 2.54. The van der Waals surface area contributed by atoms with Gasteiger partial charge < -0.3 is 16.4 Å². The van der Waals surface area contributed by atoms with E-state index in [2.05, 4.69) is 50.8 Å². The SMILES string of the molecule is C=N[C@@H]1c2ccccc2CC12CCN(c1nc(C)c(-c3ccnc(N)c3Cl)c(C(N)=O)n1)CC2. The monoisotopic (exact) mass is 475 g/mol. The Morgan fingerprint density at radius 1 is 1.24 bits per heavy atom. The first-order chi connectivity index (χ1) is 16.3. The lowest BCUT2D eigenvalue weighted by Crippen LogP contribution is -2.43. The average molecular weight is 476 g/mol. The Morgan fingerprint density at radius 3 is 2.68 bits per heavy atom. The summed E-state index contributed by atoms with van der Waals surface area (Å²) < 4.78 is 0. The number of hydrogen-bond donors (Lipinski definition) is 2. The maximum Gasteiger partial charge on any atom is 0.268 e. The molecule has 0 saturated carbocycles. The molecule has 1 saturated heterocycles. The van der Waals surface area contributed by atoms with Crippen LogP contribution in [0.25, 0.3) is 11.1 Å². The molecule has 1 aromatic carbocycles. The van der Waals surface area contributed by atoms with Crippen LogP contribution >= 0.6 is 11.6 Å². The van der Waals surface area contributed by atoms with Crippen molar-refractivity contribution in [3.63, 3.8) is 0 Å². The molecule has 3 aromatic rings. The molecule has 0 bridgehead atoms. The van der Waals surface area contributed by atoms with Gasteiger partial charge in [-0.25, -0.2) is 15.0 Å². The molecule has 8 nitrogen and oxygen atoms in total. The van der Waals surface area contributed by atoms with E-state index in [4.69, 9.17) is 28.1 Å². The fourth-order valence-corrected chi connectivity index (χ4v) is 5.72. The molecule has 9 heteroatoms. The van der Waals surface area contributed by atoms with Crippen LogP contribution in [0.2, 0.25) is 5.02 Å². The number of piperidine rings is 1. The van der Waals surface area contributed by atoms with E-state index in [1.54, 1.807) is 6.07 Å². The summed E-state index contributed by atoms with van der Waals surface area (Å²) in [5, 5.41) is 0.244. The number of pyridine rings is 1. The number of rotatable bonds is 4. The van der Waals surface area contributed by atoms with Crippen LogP contribution in [-0.4, -0.2) is 40.7 Å². The van der Waals surface area contributed by atoms with E-state index in [0.29, 0.717) is 22.8 Å². The molecule has 4 N–H and O–H groups in total. The van der Waals surface area contributed by atoms with Gasteiger partial charge in [0.15, 0.2) is 0 Å². The fraction of sp³-hybridized carbons (Fsp3) is 0.320. The van der Waals surface area contributed by atoms with Gasteiger partial charge in [0.25, 0.3) is 5.91 Å². The van der Waals surface area contributed by atoms with Crippen LogP contribution in [0.3, 0.4) is 0 Å². The van der Waals surface area contributed by atoms with E-state index >= 15 is 0 Å². The number of aliphatic imine (C=N–C) groups is 1. The van der Waals surface area contributed by atoms with Gasteiger partial charge in [-0.15, -0.1) is 0 Å². The van der Waals surface area contributed by atoms with E-state index < -0.39 is 5.91 Å². The van der Waals surface area contributed by atoms with Crippen molar-refractivity contribution < 1.29 is 4.79 Å². The van der Waals surface area contributed by atoms with Gasteiger partial charge in [-0.05, 0) is 50.1 Å². The molecule has 2 aromatic heterocycles. The molecule has 5 rings (SSSR count). The van der Waals surface area contributed by atoms with Crippen molar-refractivity contribution in [3.05, 3.63) is 64.1 Å². The lowest BCUT2D eigenvalue weighted by Gasteiger charge is -2.42. The van der Waals surface area contributed by atoms with Crippen LogP contribution in [0.15, 0.2) is 41.5 Å². The van der Waals surface area contributed by atoms with Gasteiger partial charge in [0.05, 0.1) is 16.8 Å². The van der Waals surface area contributed by atoms with Crippen LogP contribution in [-0.2, 0) is 6.42 Å². The number of carbonyl (C=O) groups excluding carboxylic acids is 1. The second-order valence-corrected chi connectivity index (χ2v) is 9.44. The third-order valence-electron chi connectivity index (χ3n) is 7.19. The molecule has 1 aliphatic carbocycles. The molecule has 1 aliphatic heterocycles. The molecular weight excluding hydrogens is 450 g/mol. The number of fused-ring (bicyclic) bond motifs is 1. The predicted octanol–water partition coefficient (Wildman–Crippen LogP) is 3.77. The number of nitrogen functional groups attached to an aromatic ring is 1. The maximum absolute atomic E-state index is 12.4. The Morgan fingerprint density at radius 2 is 1.97 bits per heavy atom. The number of aryl methyl sites for hydroxylation is 1. The highest BCUT2D eigenvalue weighted by molar-refractivity contribution is 6.35. The second kappa shape index (κ2) is 8.36. The quantitative estimate of drug-likeness (QED) is 0.553. The first-order valence-corrected chi connectivity index (χ1v) is 11.6. The summed E-state index contributed by atoms with van der Waals surface area (Å²) in [6, 6.07) is 10.3. The molecule has 0 unspecified atom stereocenters. The number of amides is 1. The first kappa shape index (κ1) is 22.3. The molecule has 2 aliphatic rings. The van der Waals surface area contributed by atoms with E-state index in [0.717, 1.165) is 32.4 Å². The van der Waals surface area contributed by atoms with Gasteiger partial charge in [0.1, 0.15) is 11.5 Å². The molecule has 3 heterocycles. The van der Waals surface area contributed by atoms with Gasteiger partial charge in [-0.1, -0.05) is 35.9 Å². The largest absolute Gasteiger partial charge is 0.382 e. The van der Waals surface area contributed by atoms with Crippen molar-refractivity contribution in [3.8, 4) is 11.1 Å². The van der Waals surface area contributed by atoms with Crippen molar-refractivity contribution in [1.29, 1.82) is 0 Å². The van der Waals surface area contributed by atoms with E-state index in [9.17, 15) is 4.79 Å². The van der Waals surface area contributed by atoms with Crippen LogP contribution < -0.4 is 16.4 Å². The first-order valence-electron chi connectivity index (χ1n) is 11.2. The molecule has 174 valence electrons. The normalized spacial score (nSPS) is 18.6.